The fourth-order valence-electron chi connectivity index (χ4n) is 4.03. The van der Waals surface area contributed by atoms with E-state index >= 15 is 0 Å². The lowest BCUT2D eigenvalue weighted by Crippen LogP contribution is -2.58. The summed E-state index contributed by atoms with van der Waals surface area (Å²) >= 11 is 0. The number of piperazine rings is 1. The van der Waals surface area contributed by atoms with Gasteiger partial charge in [-0.2, -0.15) is 27.8 Å². The van der Waals surface area contributed by atoms with Gasteiger partial charge in [-0.25, -0.2) is 4.98 Å². The monoisotopic (exact) mass is 397 g/mol. The molecule has 2 aliphatic heterocycles. The number of likely N-dealkylation sites (tertiary alicyclic amines) is 1. The van der Waals surface area contributed by atoms with E-state index in [1.165, 1.54) is 6.33 Å². The summed E-state index contributed by atoms with van der Waals surface area (Å²) in [6, 6.07) is 1.47. The predicted octanol–water partition coefficient (Wildman–Crippen LogP) is 1.11. The van der Waals surface area contributed by atoms with Gasteiger partial charge >= 0.3 is 6.18 Å². The van der Waals surface area contributed by atoms with Gasteiger partial charge in [0, 0.05) is 44.5 Å². The van der Waals surface area contributed by atoms with Crippen LogP contribution in [-0.4, -0.2) is 86.8 Å². The smallest absolute Gasteiger partial charge is 0.354 e. The first-order chi connectivity index (χ1) is 13.3. The van der Waals surface area contributed by atoms with Crippen molar-refractivity contribution in [3.05, 3.63) is 18.1 Å². The zero-order chi connectivity index (χ0) is 19.9. The van der Waals surface area contributed by atoms with Crippen LogP contribution in [-0.2, 0) is 4.79 Å². The molecule has 1 amide bonds. The minimum absolute atomic E-state index is 0.176. The van der Waals surface area contributed by atoms with E-state index in [4.69, 9.17) is 0 Å². The molecule has 4 rings (SSSR count). The van der Waals surface area contributed by atoms with Crippen molar-refractivity contribution in [2.24, 2.45) is 0 Å². The first-order valence-corrected chi connectivity index (χ1v) is 9.34. The topological polar surface area (TPSA) is 69.9 Å². The molecule has 0 radical (unpaired) electrons. The number of carbonyl (C=O) groups is 1. The lowest BCUT2D eigenvalue weighted by Gasteiger charge is -2.43. The van der Waals surface area contributed by atoms with Crippen molar-refractivity contribution in [1.29, 1.82) is 0 Å². The molecule has 11 heteroatoms. The highest BCUT2D eigenvalue weighted by Crippen LogP contribution is 2.25. The molecule has 0 N–H and O–H groups in total. The van der Waals surface area contributed by atoms with Crippen LogP contribution in [0.1, 0.15) is 18.5 Å². The van der Waals surface area contributed by atoms with E-state index in [0.29, 0.717) is 44.8 Å². The molecule has 0 unspecified atom stereocenters. The lowest BCUT2D eigenvalue weighted by molar-refractivity contribution is -0.167. The second-order valence-electron chi connectivity index (χ2n) is 7.28. The first-order valence-electron chi connectivity index (χ1n) is 9.34. The van der Waals surface area contributed by atoms with Crippen LogP contribution in [0.3, 0.4) is 0 Å². The Bertz CT molecular complexity index is 860. The van der Waals surface area contributed by atoms with E-state index in [1.807, 2.05) is 17.9 Å². The Labute approximate surface area is 159 Å². The van der Waals surface area contributed by atoms with Crippen LogP contribution >= 0.6 is 0 Å². The number of aryl methyl sites for hydroxylation is 1. The van der Waals surface area contributed by atoms with Gasteiger partial charge in [0.25, 0.3) is 5.78 Å². The predicted molar refractivity (Wildman–Crippen MR) is 95.0 cm³/mol. The van der Waals surface area contributed by atoms with Crippen LogP contribution < -0.4 is 4.90 Å². The number of anilines is 1. The number of aromatic nitrogens is 4. The van der Waals surface area contributed by atoms with E-state index < -0.39 is 24.7 Å². The number of piperidine rings is 1. The molecular weight excluding hydrogens is 375 g/mol. The molecule has 0 aromatic carbocycles. The zero-order valence-corrected chi connectivity index (χ0v) is 15.6. The van der Waals surface area contributed by atoms with Crippen molar-refractivity contribution >= 4 is 17.5 Å². The molecule has 1 atom stereocenters. The van der Waals surface area contributed by atoms with E-state index in [2.05, 4.69) is 20.0 Å². The minimum Gasteiger partial charge on any atom is -0.354 e. The van der Waals surface area contributed by atoms with E-state index in [0.717, 1.165) is 16.4 Å². The summed E-state index contributed by atoms with van der Waals surface area (Å²) in [5, 5.41) is 4.22. The second-order valence-corrected chi connectivity index (χ2v) is 7.28. The van der Waals surface area contributed by atoms with Crippen molar-refractivity contribution in [3.8, 4) is 0 Å². The van der Waals surface area contributed by atoms with Gasteiger partial charge in [0.2, 0.25) is 5.91 Å². The van der Waals surface area contributed by atoms with Crippen LogP contribution in [0.4, 0.5) is 19.0 Å². The van der Waals surface area contributed by atoms with Gasteiger partial charge in [0.05, 0.1) is 6.04 Å². The van der Waals surface area contributed by atoms with Gasteiger partial charge in [-0.3, -0.25) is 9.69 Å². The standard InChI is InChI=1S/C17H22F3N7O/c1-12-9-14(27-16(23-12)21-11-22-27)25-7-5-24(6-8-25)13-3-2-4-26(15(13)28)10-17(18,19)20/h9,11,13H,2-8,10H2,1H3/t13-/m0/s1. The Balaban J connectivity index is 1.44. The van der Waals surface area contributed by atoms with Crippen molar-refractivity contribution in [1.82, 2.24) is 29.4 Å². The molecule has 28 heavy (non-hydrogen) atoms. The van der Waals surface area contributed by atoms with Crippen molar-refractivity contribution in [2.45, 2.75) is 32.0 Å². The molecule has 2 aromatic heterocycles. The number of amides is 1. The number of alkyl halides is 3. The van der Waals surface area contributed by atoms with Gasteiger partial charge in [0.15, 0.2) is 0 Å². The Morgan fingerprint density at radius 1 is 1.18 bits per heavy atom. The molecule has 0 aliphatic carbocycles. The fraction of sp³-hybridized carbons (Fsp3) is 0.647. The summed E-state index contributed by atoms with van der Waals surface area (Å²) in [6.45, 7) is 3.42. The van der Waals surface area contributed by atoms with Gasteiger partial charge in [-0.05, 0) is 19.8 Å². The highest BCUT2D eigenvalue weighted by atomic mass is 19.4. The highest BCUT2D eigenvalue weighted by Gasteiger charge is 2.40. The van der Waals surface area contributed by atoms with Crippen molar-refractivity contribution in [3.63, 3.8) is 0 Å². The van der Waals surface area contributed by atoms with E-state index in [-0.39, 0.29) is 6.54 Å². The van der Waals surface area contributed by atoms with E-state index in [1.54, 1.807) is 4.52 Å². The average molecular weight is 397 g/mol. The number of fused-ring (bicyclic) bond motifs is 1. The SMILES string of the molecule is Cc1cc(N2CCN([C@H]3CCCN(CC(F)(F)F)C3=O)CC2)n2ncnc2n1. The summed E-state index contributed by atoms with van der Waals surface area (Å²) < 4.78 is 39.8. The first kappa shape index (κ1) is 18.9. The van der Waals surface area contributed by atoms with Gasteiger partial charge in [-0.1, -0.05) is 0 Å². The number of nitrogens with zero attached hydrogens (tertiary/aromatic N) is 7. The maximum atomic E-state index is 12.7. The zero-order valence-electron chi connectivity index (χ0n) is 15.6. The van der Waals surface area contributed by atoms with E-state index in [9.17, 15) is 18.0 Å². The number of hydrogen-bond acceptors (Lipinski definition) is 6. The molecule has 0 saturated carbocycles. The molecule has 2 aromatic rings. The summed E-state index contributed by atoms with van der Waals surface area (Å²) in [5.74, 6) is 1.01. The number of carbonyl (C=O) groups excluding carboxylic acids is 1. The van der Waals surface area contributed by atoms with Gasteiger partial charge in [-0.15, -0.1) is 0 Å². The molecule has 4 heterocycles. The second kappa shape index (κ2) is 7.19. The summed E-state index contributed by atoms with van der Waals surface area (Å²) in [6.07, 6.45) is -1.71. The summed E-state index contributed by atoms with van der Waals surface area (Å²) in [4.78, 5) is 26.2. The Kier molecular flexibility index (Phi) is 4.86. The normalized spacial score (nSPS) is 22.3. The molecule has 0 bridgehead atoms. The molecule has 152 valence electrons. The molecule has 0 spiro atoms. The van der Waals surface area contributed by atoms with Crippen molar-refractivity contribution in [2.75, 3.05) is 44.2 Å². The number of rotatable bonds is 3. The van der Waals surface area contributed by atoms with Crippen LogP contribution in [0.15, 0.2) is 12.4 Å². The highest BCUT2D eigenvalue weighted by molar-refractivity contribution is 5.82. The van der Waals surface area contributed by atoms with Crippen LogP contribution in [0.25, 0.3) is 5.78 Å². The lowest BCUT2D eigenvalue weighted by atomic mass is 10.0. The van der Waals surface area contributed by atoms with Crippen LogP contribution in [0.2, 0.25) is 0 Å². The van der Waals surface area contributed by atoms with Crippen LogP contribution in [0.5, 0.6) is 0 Å². The third-order valence-electron chi connectivity index (χ3n) is 5.31. The third kappa shape index (κ3) is 3.75. The Morgan fingerprint density at radius 3 is 2.64 bits per heavy atom. The Morgan fingerprint density at radius 2 is 1.93 bits per heavy atom. The summed E-state index contributed by atoms with van der Waals surface area (Å²) in [7, 11) is 0. The molecule has 2 fully saturated rings. The third-order valence-corrected chi connectivity index (χ3v) is 5.31. The van der Waals surface area contributed by atoms with Crippen LogP contribution in [0, 0.1) is 6.92 Å². The van der Waals surface area contributed by atoms with Crippen molar-refractivity contribution < 1.29 is 18.0 Å². The minimum atomic E-state index is -4.36. The Hall–Kier alpha value is -2.43. The molecule has 2 aliphatic rings. The average Bonchev–Trinajstić information content (AvgIpc) is 3.10. The quantitative estimate of drug-likeness (QED) is 0.773. The fourth-order valence-corrected chi connectivity index (χ4v) is 4.03. The molecular formula is C17H22F3N7O. The number of hydrogen-bond donors (Lipinski definition) is 0. The van der Waals surface area contributed by atoms with Gasteiger partial charge < -0.3 is 9.80 Å². The van der Waals surface area contributed by atoms with Gasteiger partial charge in [0.1, 0.15) is 18.7 Å². The molecule has 2 saturated heterocycles. The maximum Gasteiger partial charge on any atom is 0.406 e. The summed E-state index contributed by atoms with van der Waals surface area (Å²) in [5.41, 5.74) is 0.836. The maximum absolute atomic E-state index is 12.7. The largest absolute Gasteiger partial charge is 0.406 e. The molecule has 8 nitrogen and oxygen atoms in total. The number of halogens is 3.